The van der Waals surface area contributed by atoms with Gasteiger partial charge in [0.1, 0.15) is 11.1 Å². The number of hydrogen-bond donors (Lipinski definition) is 0. The van der Waals surface area contributed by atoms with Crippen molar-refractivity contribution in [1.82, 2.24) is 0 Å². The number of ketones is 1. The van der Waals surface area contributed by atoms with E-state index in [0.29, 0.717) is 5.58 Å². The third-order valence-corrected chi connectivity index (χ3v) is 5.41. The topological polar surface area (TPSA) is 53.8 Å². The highest BCUT2D eigenvalue weighted by atomic mass is 16.4. The van der Waals surface area contributed by atoms with Crippen LogP contribution in [-0.2, 0) is 0 Å². The van der Waals surface area contributed by atoms with Crippen molar-refractivity contribution >= 4 is 34.2 Å². The number of nitrogens with zero attached hydrogens (tertiary/aromatic N) is 2. The lowest BCUT2D eigenvalue weighted by Gasteiger charge is -2.38. The Labute approximate surface area is 169 Å². The summed E-state index contributed by atoms with van der Waals surface area (Å²) in [5.74, 6) is -0.357. The molecule has 0 saturated carbocycles. The monoisotopic (exact) mass is 388 g/mol. The Morgan fingerprint density at radius 3 is 2.31 bits per heavy atom. The quantitative estimate of drug-likeness (QED) is 0.369. The van der Waals surface area contributed by atoms with Crippen molar-refractivity contribution in [3.8, 4) is 0 Å². The van der Waals surface area contributed by atoms with Crippen molar-refractivity contribution in [3.05, 3.63) is 76.2 Å². The number of carbonyl (C=O) groups is 1. The van der Waals surface area contributed by atoms with Gasteiger partial charge in [-0.25, -0.2) is 4.79 Å². The van der Waals surface area contributed by atoms with Gasteiger partial charge in [-0.05, 0) is 37.6 Å². The van der Waals surface area contributed by atoms with Crippen molar-refractivity contribution in [2.75, 3.05) is 36.0 Å². The van der Waals surface area contributed by atoms with Crippen molar-refractivity contribution < 1.29 is 9.21 Å². The van der Waals surface area contributed by atoms with Gasteiger partial charge in [-0.3, -0.25) is 4.79 Å². The number of allylic oxidation sites excluding steroid dienone is 1. The summed E-state index contributed by atoms with van der Waals surface area (Å²) in [6.07, 6.45) is 3.12. The molecule has 0 spiro atoms. The van der Waals surface area contributed by atoms with Crippen LogP contribution >= 0.6 is 0 Å². The molecule has 29 heavy (non-hydrogen) atoms. The molecule has 0 bridgehead atoms. The molecule has 0 saturated heterocycles. The summed E-state index contributed by atoms with van der Waals surface area (Å²) in [5.41, 5.74) is 3.04. The Morgan fingerprint density at radius 1 is 1.00 bits per heavy atom. The first kappa shape index (κ1) is 19.0. The predicted molar refractivity (Wildman–Crippen MR) is 118 cm³/mol. The van der Waals surface area contributed by atoms with Gasteiger partial charge < -0.3 is 14.2 Å². The van der Waals surface area contributed by atoms with Crippen molar-refractivity contribution in [2.24, 2.45) is 0 Å². The summed E-state index contributed by atoms with van der Waals surface area (Å²) in [6, 6.07) is 15.1. The fourth-order valence-corrected chi connectivity index (χ4v) is 3.79. The highest BCUT2D eigenvalue weighted by Gasteiger charge is 2.23. The van der Waals surface area contributed by atoms with Crippen LogP contribution in [0.5, 0.6) is 0 Å². The molecule has 2 aromatic carbocycles. The summed E-state index contributed by atoms with van der Waals surface area (Å²) >= 11 is 0. The molecular weight excluding hydrogens is 364 g/mol. The van der Waals surface area contributed by atoms with Crippen LogP contribution in [0, 0.1) is 0 Å². The SMILES string of the molecule is CCN1CCN(CC)c2cc3oc(=O)c(C(=O)/C=C/c4ccccc4)cc3cc21. The molecular formula is C24H24N2O3. The number of carbonyl (C=O) groups excluding carboxylic acids is 1. The van der Waals surface area contributed by atoms with Crippen LogP contribution in [0.3, 0.4) is 0 Å². The van der Waals surface area contributed by atoms with Crippen LogP contribution in [0.1, 0.15) is 29.8 Å². The number of fused-ring (bicyclic) bond motifs is 2. The van der Waals surface area contributed by atoms with Crippen molar-refractivity contribution in [2.45, 2.75) is 13.8 Å². The summed E-state index contributed by atoms with van der Waals surface area (Å²) in [6.45, 7) is 7.93. The van der Waals surface area contributed by atoms with Crippen LogP contribution in [-0.4, -0.2) is 32.0 Å². The zero-order valence-electron chi connectivity index (χ0n) is 16.7. The van der Waals surface area contributed by atoms with Crippen LogP contribution in [0.25, 0.3) is 17.0 Å². The second-order valence-corrected chi connectivity index (χ2v) is 7.09. The zero-order valence-corrected chi connectivity index (χ0v) is 16.7. The first-order valence-corrected chi connectivity index (χ1v) is 10.00. The molecule has 3 aromatic rings. The molecule has 5 nitrogen and oxygen atoms in total. The molecule has 1 aliphatic heterocycles. The largest absolute Gasteiger partial charge is 0.422 e. The van der Waals surface area contributed by atoms with E-state index in [-0.39, 0.29) is 11.3 Å². The Balaban J connectivity index is 1.75. The first-order valence-electron chi connectivity index (χ1n) is 10.00. The molecule has 0 atom stereocenters. The van der Waals surface area contributed by atoms with Crippen LogP contribution in [0.2, 0.25) is 0 Å². The molecule has 2 heterocycles. The highest BCUT2D eigenvalue weighted by molar-refractivity contribution is 6.08. The maximum absolute atomic E-state index is 12.6. The van der Waals surface area contributed by atoms with Gasteiger partial charge in [-0.2, -0.15) is 0 Å². The number of hydrogen-bond acceptors (Lipinski definition) is 5. The van der Waals surface area contributed by atoms with Crippen LogP contribution < -0.4 is 15.4 Å². The maximum atomic E-state index is 12.6. The van der Waals surface area contributed by atoms with E-state index < -0.39 is 5.63 Å². The summed E-state index contributed by atoms with van der Waals surface area (Å²) < 4.78 is 5.54. The van der Waals surface area contributed by atoms with Crippen molar-refractivity contribution in [1.29, 1.82) is 0 Å². The molecule has 148 valence electrons. The number of benzene rings is 2. The second kappa shape index (κ2) is 7.95. The minimum absolute atomic E-state index is 0.0517. The van der Waals surface area contributed by atoms with E-state index in [9.17, 15) is 9.59 Å². The number of likely N-dealkylation sites (N-methyl/N-ethyl adjacent to an activating group) is 2. The molecule has 4 rings (SSSR count). The lowest BCUT2D eigenvalue weighted by atomic mass is 10.1. The molecule has 5 heteroatoms. The van der Waals surface area contributed by atoms with Gasteiger partial charge in [0.2, 0.25) is 0 Å². The Bertz CT molecular complexity index is 1130. The predicted octanol–water partition coefficient (Wildman–Crippen LogP) is 4.36. The average molecular weight is 388 g/mol. The van der Waals surface area contributed by atoms with Gasteiger partial charge in [-0.1, -0.05) is 36.4 Å². The first-order chi connectivity index (χ1) is 14.1. The van der Waals surface area contributed by atoms with E-state index in [0.717, 1.165) is 48.5 Å². The van der Waals surface area contributed by atoms with E-state index in [1.807, 2.05) is 42.5 Å². The van der Waals surface area contributed by atoms with Gasteiger partial charge in [0.05, 0.1) is 11.4 Å². The second-order valence-electron chi connectivity index (χ2n) is 7.09. The summed E-state index contributed by atoms with van der Waals surface area (Å²) in [7, 11) is 0. The third-order valence-electron chi connectivity index (χ3n) is 5.41. The lowest BCUT2D eigenvalue weighted by Crippen LogP contribution is -2.40. The van der Waals surface area contributed by atoms with Gasteiger partial charge in [-0.15, -0.1) is 0 Å². The molecule has 0 amide bonds. The van der Waals surface area contributed by atoms with Gasteiger partial charge in [0.15, 0.2) is 5.78 Å². The molecule has 0 N–H and O–H groups in total. The fraction of sp³-hybridized carbons (Fsp3) is 0.250. The molecule has 0 unspecified atom stereocenters. The van der Waals surface area contributed by atoms with Crippen LogP contribution in [0.4, 0.5) is 11.4 Å². The van der Waals surface area contributed by atoms with Gasteiger partial charge >= 0.3 is 5.63 Å². The highest BCUT2D eigenvalue weighted by Crippen LogP contribution is 2.36. The smallest absolute Gasteiger partial charge is 0.347 e. The fourth-order valence-electron chi connectivity index (χ4n) is 3.79. The number of rotatable bonds is 5. The number of anilines is 2. The van der Waals surface area contributed by atoms with Gasteiger partial charge in [0.25, 0.3) is 0 Å². The standard InChI is InChI=1S/C24H24N2O3/c1-3-25-12-13-26(4-2)21-16-23-18(15-20(21)25)14-19(24(28)29-23)22(27)11-10-17-8-6-5-7-9-17/h5-11,14-16H,3-4,12-13H2,1-2H3/b11-10+. The van der Waals surface area contributed by atoms with E-state index in [4.69, 9.17) is 4.42 Å². The minimum atomic E-state index is -0.605. The lowest BCUT2D eigenvalue weighted by molar-refractivity contribution is 0.104. The Kier molecular flexibility index (Phi) is 5.21. The molecule has 0 radical (unpaired) electrons. The minimum Gasteiger partial charge on any atom is -0.422 e. The molecule has 0 aliphatic carbocycles. The van der Waals surface area contributed by atoms with Crippen LogP contribution in [0.15, 0.2) is 63.8 Å². The normalized spacial score (nSPS) is 13.9. The van der Waals surface area contributed by atoms with E-state index in [1.54, 1.807) is 12.1 Å². The average Bonchev–Trinajstić information content (AvgIpc) is 2.75. The summed E-state index contributed by atoms with van der Waals surface area (Å²) in [5, 5.41) is 0.760. The van der Waals surface area contributed by atoms with E-state index in [1.165, 1.54) is 6.08 Å². The molecule has 1 aromatic heterocycles. The summed E-state index contributed by atoms with van der Waals surface area (Å²) in [4.78, 5) is 29.7. The van der Waals surface area contributed by atoms with E-state index >= 15 is 0 Å². The zero-order chi connectivity index (χ0) is 20.4. The van der Waals surface area contributed by atoms with Gasteiger partial charge in [0, 0.05) is 37.6 Å². The maximum Gasteiger partial charge on any atom is 0.347 e. The van der Waals surface area contributed by atoms with E-state index in [2.05, 4.69) is 23.6 Å². The Hall–Kier alpha value is -3.34. The Morgan fingerprint density at radius 2 is 1.66 bits per heavy atom. The van der Waals surface area contributed by atoms with Crippen molar-refractivity contribution in [3.63, 3.8) is 0 Å². The third kappa shape index (κ3) is 3.68. The molecule has 1 aliphatic rings. The molecule has 0 fully saturated rings.